The first-order valence-electron chi connectivity index (χ1n) is 8.03. The van der Waals surface area contributed by atoms with Gasteiger partial charge >= 0.3 is 5.97 Å². The van der Waals surface area contributed by atoms with Gasteiger partial charge in [-0.25, -0.2) is 4.79 Å². The number of anilines is 1. The number of likely N-dealkylation sites (tertiary alicyclic amines) is 1. The van der Waals surface area contributed by atoms with Gasteiger partial charge in [0.2, 0.25) is 0 Å². The highest BCUT2D eigenvalue weighted by Gasteiger charge is 2.22. The van der Waals surface area contributed by atoms with Crippen LogP contribution in [0.3, 0.4) is 0 Å². The smallest absolute Gasteiger partial charge is 0.338 e. The number of esters is 1. The molecule has 4 heteroatoms. The molecule has 0 aromatic heterocycles. The molecule has 120 valence electrons. The summed E-state index contributed by atoms with van der Waals surface area (Å²) in [6, 6.07) is 17.2. The summed E-state index contributed by atoms with van der Waals surface area (Å²) in [6.45, 7) is 2.80. The van der Waals surface area contributed by atoms with Gasteiger partial charge in [-0.05, 0) is 42.7 Å². The number of rotatable bonds is 4. The molecule has 1 aliphatic heterocycles. The minimum atomic E-state index is -0.220. The molecular formula is C19H22N2O2. The van der Waals surface area contributed by atoms with E-state index in [9.17, 15) is 4.79 Å². The number of carbonyl (C=O) groups is 1. The van der Waals surface area contributed by atoms with Crippen LogP contribution in [0.4, 0.5) is 5.69 Å². The van der Waals surface area contributed by atoms with Gasteiger partial charge in [-0.3, -0.25) is 4.90 Å². The summed E-state index contributed by atoms with van der Waals surface area (Å²) in [5.41, 5.74) is 8.39. The Morgan fingerprint density at radius 2 is 1.70 bits per heavy atom. The molecule has 1 saturated heterocycles. The lowest BCUT2D eigenvalue weighted by atomic mass is 10.1. The number of benzene rings is 2. The molecule has 0 spiro atoms. The van der Waals surface area contributed by atoms with Crippen LogP contribution in [0, 0.1) is 0 Å². The number of nitrogens with two attached hydrogens (primary N) is 1. The van der Waals surface area contributed by atoms with Crippen molar-refractivity contribution >= 4 is 11.7 Å². The second-order valence-electron chi connectivity index (χ2n) is 5.99. The van der Waals surface area contributed by atoms with E-state index in [1.807, 2.05) is 30.3 Å². The summed E-state index contributed by atoms with van der Waals surface area (Å²) in [5.74, 6) is -0.220. The van der Waals surface area contributed by atoms with Gasteiger partial charge in [-0.1, -0.05) is 30.3 Å². The molecule has 0 atom stereocenters. The van der Waals surface area contributed by atoms with E-state index < -0.39 is 0 Å². The fraction of sp³-hybridized carbons (Fsp3) is 0.316. The van der Waals surface area contributed by atoms with E-state index in [0.29, 0.717) is 5.56 Å². The lowest BCUT2D eigenvalue weighted by Gasteiger charge is -2.31. The summed E-state index contributed by atoms with van der Waals surface area (Å²) < 4.78 is 5.61. The third-order valence-corrected chi connectivity index (χ3v) is 4.20. The second kappa shape index (κ2) is 7.29. The Hall–Kier alpha value is -2.33. The first kappa shape index (κ1) is 15.6. The average molecular weight is 310 g/mol. The van der Waals surface area contributed by atoms with Crippen LogP contribution in [0.25, 0.3) is 0 Å². The van der Waals surface area contributed by atoms with Crippen molar-refractivity contribution in [1.82, 2.24) is 4.90 Å². The summed E-state index contributed by atoms with van der Waals surface area (Å²) in [6.07, 6.45) is 1.78. The summed E-state index contributed by atoms with van der Waals surface area (Å²) in [7, 11) is 0. The first-order valence-corrected chi connectivity index (χ1v) is 8.03. The van der Waals surface area contributed by atoms with Gasteiger partial charge in [0, 0.05) is 25.3 Å². The van der Waals surface area contributed by atoms with E-state index in [1.165, 1.54) is 5.56 Å². The number of nitrogen functional groups attached to an aromatic ring is 1. The molecular weight excluding hydrogens is 288 g/mol. The lowest BCUT2D eigenvalue weighted by molar-refractivity contribution is 0.0104. The van der Waals surface area contributed by atoms with Crippen LogP contribution < -0.4 is 5.73 Å². The third kappa shape index (κ3) is 4.33. The molecule has 23 heavy (non-hydrogen) atoms. The van der Waals surface area contributed by atoms with Crippen molar-refractivity contribution in [3.8, 4) is 0 Å². The number of carbonyl (C=O) groups excluding carboxylic acids is 1. The van der Waals surface area contributed by atoms with Gasteiger partial charge in [0.25, 0.3) is 0 Å². The predicted molar refractivity (Wildman–Crippen MR) is 91.0 cm³/mol. The standard InChI is InChI=1S/C19H22N2O2/c20-17-8-6-15(7-9-17)14-21-12-10-18(11-13-21)23-19(22)16-4-2-1-3-5-16/h1-9,18H,10-14,20H2. The maximum Gasteiger partial charge on any atom is 0.338 e. The number of hydrogen-bond donors (Lipinski definition) is 1. The molecule has 4 nitrogen and oxygen atoms in total. The highest BCUT2D eigenvalue weighted by molar-refractivity contribution is 5.89. The first-order chi connectivity index (χ1) is 11.2. The van der Waals surface area contributed by atoms with E-state index in [2.05, 4.69) is 17.0 Å². The highest BCUT2D eigenvalue weighted by atomic mass is 16.5. The largest absolute Gasteiger partial charge is 0.459 e. The summed E-state index contributed by atoms with van der Waals surface area (Å²) >= 11 is 0. The molecule has 0 amide bonds. The SMILES string of the molecule is Nc1ccc(CN2CCC(OC(=O)c3ccccc3)CC2)cc1. The quantitative estimate of drug-likeness (QED) is 0.696. The molecule has 0 saturated carbocycles. The molecule has 3 rings (SSSR count). The molecule has 0 bridgehead atoms. The van der Waals surface area contributed by atoms with E-state index in [1.54, 1.807) is 12.1 Å². The number of ether oxygens (including phenoxy) is 1. The molecule has 2 N–H and O–H groups in total. The lowest BCUT2D eigenvalue weighted by Crippen LogP contribution is -2.37. The zero-order valence-electron chi connectivity index (χ0n) is 13.2. The van der Waals surface area contributed by atoms with E-state index in [4.69, 9.17) is 10.5 Å². The fourth-order valence-electron chi connectivity index (χ4n) is 2.86. The topological polar surface area (TPSA) is 55.6 Å². The van der Waals surface area contributed by atoms with Crippen LogP contribution in [0.2, 0.25) is 0 Å². The summed E-state index contributed by atoms with van der Waals surface area (Å²) in [4.78, 5) is 14.5. The van der Waals surface area contributed by atoms with E-state index in [0.717, 1.165) is 38.2 Å². The molecule has 1 aliphatic rings. The van der Waals surface area contributed by atoms with Crippen LogP contribution >= 0.6 is 0 Å². The van der Waals surface area contributed by atoms with Gasteiger partial charge in [-0.2, -0.15) is 0 Å². The predicted octanol–water partition coefficient (Wildman–Crippen LogP) is 3.09. The van der Waals surface area contributed by atoms with E-state index >= 15 is 0 Å². The summed E-state index contributed by atoms with van der Waals surface area (Å²) in [5, 5.41) is 0. The van der Waals surface area contributed by atoms with Crippen LogP contribution in [-0.4, -0.2) is 30.1 Å². The Morgan fingerprint density at radius 1 is 1.04 bits per heavy atom. The van der Waals surface area contributed by atoms with Crippen molar-refractivity contribution in [3.05, 3.63) is 65.7 Å². The zero-order valence-corrected chi connectivity index (χ0v) is 13.2. The average Bonchev–Trinajstić information content (AvgIpc) is 2.59. The Kier molecular flexibility index (Phi) is 4.93. The number of piperidine rings is 1. The highest BCUT2D eigenvalue weighted by Crippen LogP contribution is 2.18. The number of nitrogens with zero attached hydrogens (tertiary/aromatic N) is 1. The Morgan fingerprint density at radius 3 is 2.35 bits per heavy atom. The van der Waals surface area contributed by atoms with Crippen LogP contribution in [-0.2, 0) is 11.3 Å². The van der Waals surface area contributed by atoms with Crippen molar-refractivity contribution < 1.29 is 9.53 Å². The van der Waals surface area contributed by atoms with Gasteiger partial charge < -0.3 is 10.5 Å². The maximum atomic E-state index is 12.1. The van der Waals surface area contributed by atoms with Crippen LogP contribution in [0.5, 0.6) is 0 Å². The molecule has 2 aromatic carbocycles. The van der Waals surface area contributed by atoms with Crippen LogP contribution in [0.15, 0.2) is 54.6 Å². The van der Waals surface area contributed by atoms with E-state index in [-0.39, 0.29) is 12.1 Å². The molecule has 0 radical (unpaired) electrons. The fourth-order valence-corrected chi connectivity index (χ4v) is 2.86. The third-order valence-electron chi connectivity index (χ3n) is 4.20. The Labute approximate surface area is 136 Å². The van der Waals surface area contributed by atoms with Crippen molar-refractivity contribution in [2.75, 3.05) is 18.8 Å². The molecule has 2 aromatic rings. The van der Waals surface area contributed by atoms with Gasteiger partial charge in [-0.15, -0.1) is 0 Å². The van der Waals surface area contributed by atoms with Crippen molar-refractivity contribution in [1.29, 1.82) is 0 Å². The van der Waals surface area contributed by atoms with Gasteiger partial charge in [0.1, 0.15) is 6.10 Å². The minimum Gasteiger partial charge on any atom is -0.459 e. The molecule has 0 unspecified atom stereocenters. The maximum absolute atomic E-state index is 12.1. The Balaban J connectivity index is 1.47. The number of hydrogen-bond acceptors (Lipinski definition) is 4. The normalized spacial score (nSPS) is 16.2. The van der Waals surface area contributed by atoms with Gasteiger partial charge in [0.15, 0.2) is 0 Å². The molecule has 1 fully saturated rings. The van der Waals surface area contributed by atoms with Crippen LogP contribution in [0.1, 0.15) is 28.8 Å². The van der Waals surface area contributed by atoms with Crippen molar-refractivity contribution in [2.24, 2.45) is 0 Å². The molecule has 1 heterocycles. The molecule has 0 aliphatic carbocycles. The second-order valence-corrected chi connectivity index (χ2v) is 5.99. The zero-order chi connectivity index (χ0) is 16.1. The Bertz CT molecular complexity index is 632. The van der Waals surface area contributed by atoms with Gasteiger partial charge in [0.05, 0.1) is 5.56 Å². The van der Waals surface area contributed by atoms with Crippen molar-refractivity contribution in [2.45, 2.75) is 25.5 Å². The minimum absolute atomic E-state index is 0.0189. The van der Waals surface area contributed by atoms with Crippen molar-refractivity contribution in [3.63, 3.8) is 0 Å². The monoisotopic (exact) mass is 310 g/mol.